The van der Waals surface area contributed by atoms with Gasteiger partial charge in [-0.3, -0.25) is 14.4 Å². The van der Waals surface area contributed by atoms with Crippen LogP contribution in [0.1, 0.15) is 45.1 Å². The highest BCUT2D eigenvalue weighted by atomic mass is 16.2. The van der Waals surface area contributed by atoms with Crippen LogP contribution in [-0.2, 0) is 24.6 Å². The topological polar surface area (TPSA) is 95.6 Å². The predicted molar refractivity (Wildman–Crippen MR) is 117 cm³/mol. The number of hydrogen-bond donors (Lipinski definition) is 2. The molecule has 3 amide bonds. The van der Waals surface area contributed by atoms with E-state index in [1.165, 1.54) is 0 Å². The van der Waals surface area contributed by atoms with Crippen LogP contribution in [0.5, 0.6) is 0 Å². The average Bonchev–Trinajstić information content (AvgIpc) is 3.55. The average molecular weight is 438 g/mol. The van der Waals surface area contributed by atoms with Gasteiger partial charge < -0.3 is 20.3 Å². The highest BCUT2D eigenvalue weighted by Crippen LogP contribution is 2.66. The van der Waals surface area contributed by atoms with Gasteiger partial charge in [-0.15, -0.1) is 0 Å². The van der Waals surface area contributed by atoms with E-state index in [-0.39, 0.29) is 35.0 Å². The summed E-state index contributed by atoms with van der Waals surface area (Å²) in [5.74, 6) is -0.167. The maximum absolute atomic E-state index is 13.7. The Hall–Kier alpha value is -2.70. The number of rotatable bonds is 7. The lowest BCUT2D eigenvalue weighted by molar-refractivity contribution is -0.142. The minimum atomic E-state index is -0.724. The molecule has 5 atom stereocenters. The van der Waals surface area contributed by atoms with E-state index in [0.29, 0.717) is 38.1 Å². The van der Waals surface area contributed by atoms with Gasteiger partial charge in [-0.2, -0.15) is 0 Å². The van der Waals surface area contributed by atoms with Crippen LogP contribution in [0.3, 0.4) is 0 Å². The molecule has 32 heavy (non-hydrogen) atoms. The SMILES string of the molecule is CC1(C)[C@@H]2[C@@H](C(=O)N[C@H](C=O)C[C@@H]3CCNC3=O)N(C(=O)C3(c4ccccc4)CC3)C[C@@H]21. The number of piperidine rings is 1. The zero-order valence-corrected chi connectivity index (χ0v) is 18.7. The summed E-state index contributed by atoms with van der Waals surface area (Å²) in [6.45, 7) is 5.48. The first-order valence-electron chi connectivity index (χ1n) is 11.7. The molecule has 1 aromatic rings. The van der Waals surface area contributed by atoms with Gasteiger partial charge in [0, 0.05) is 19.0 Å². The van der Waals surface area contributed by atoms with Crippen LogP contribution in [0.15, 0.2) is 30.3 Å². The zero-order valence-electron chi connectivity index (χ0n) is 18.7. The molecule has 2 heterocycles. The Balaban J connectivity index is 1.34. The Morgan fingerprint density at radius 1 is 1.25 bits per heavy atom. The molecular formula is C25H31N3O4. The molecule has 4 fully saturated rings. The summed E-state index contributed by atoms with van der Waals surface area (Å²) in [7, 11) is 0. The van der Waals surface area contributed by atoms with Gasteiger partial charge in [-0.05, 0) is 48.5 Å². The summed E-state index contributed by atoms with van der Waals surface area (Å²) in [6, 6.07) is 8.54. The number of aldehydes is 1. The summed E-state index contributed by atoms with van der Waals surface area (Å²) < 4.78 is 0. The second kappa shape index (κ2) is 7.42. The number of carbonyl (C=O) groups excluding carboxylic acids is 4. The molecule has 2 aliphatic carbocycles. The van der Waals surface area contributed by atoms with Crippen molar-refractivity contribution < 1.29 is 19.2 Å². The van der Waals surface area contributed by atoms with E-state index < -0.39 is 17.5 Å². The standard InChI is InChI=1S/C25H31N3O4/c1-24(2)18-13-28(23(32)25(9-10-25)16-6-4-3-5-7-16)20(19(18)24)22(31)27-17(14-29)12-15-8-11-26-21(15)30/h3-7,14-15,17-20H,8-13H2,1-2H3,(H,26,30)(H,27,31)/t15-,17-,18-,19-,20-/m0/s1. The molecule has 2 saturated heterocycles. The monoisotopic (exact) mass is 437 g/mol. The van der Waals surface area contributed by atoms with Gasteiger partial charge >= 0.3 is 0 Å². The fourth-order valence-corrected chi connectivity index (χ4v) is 6.17. The van der Waals surface area contributed by atoms with Gasteiger partial charge in [-0.1, -0.05) is 44.2 Å². The fourth-order valence-electron chi connectivity index (χ4n) is 6.17. The van der Waals surface area contributed by atoms with Crippen molar-refractivity contribution in [1.82, 2.24) is 15.5 Å². The number of benzene rings is 1. The molecule has 2 saturated carbocycles. The smallest absolute Gasteiger partial charge is 0.243 e. The second-order valence-electron chi connectivity index (χ2n) is 10.6. The number of hydrogen-bond acceptors (Lipinski definition) is 4. The van der Waals surface area contributed by atoms with Crippen molar-refractivity contribution in [1.29, 1.82) is 0 Å². The van der Waals surface area contributed by atoms with Crippen LogP contribution in [0, 0.1) is 23.2 Å². The summed E-state index contributed by atoms with van der Waals surface area (Å²) in [6.07, 6.45) is 3.28. The maximum atomic E-state index is 13.7. The molecule has 4 aliphatic rings. The number of nitrogens with one attached hydrogen (secondary N) is 2. The van der Waals surface area contributed by atoms with E-state index in [4.69, 9.17) is 0 Å². The Kier molecular flexibility index (Phi) is 4.91. The third-order valence-electron chi connectivity index (χ3n) is 8.42. The van der Waals surface area contributed by atoms with Crippen molar-refractivity contribution in [2.75, 3.05) is 13.1 Å². The molecule has 2 N–H and O–H groups in total. The van der Waals surface area contributed by atoms with Crippen molar-refractivity contribution in [3.63, 3.8) is 0 Å². The lowest BCUT2D eigenvalue weighted by Crippen LogP contribution is -2.54. The van der Waals surface area contributed by atoms with Crippen LogP contribution in [0.25, 0.3) is 0 Å². The minimum absolute atomic E-state index is 0.00423. The first-order valence-corrected chi connectivity index (χ1v) is 11.7. The molecule has 0 aromatic heterocycles. The second-order valence-corrected chi connectivity index (χ2v) is 10.6. The van der Waals surface area contributed by atoms with Gasteiger partial charge in [0.1, 0.15) is 12.3 Å². The van der Waals surface area contributed by atoms with Gasteiger partial charge in [-0.25, -0.2) is 0 Å². The van der Waals surface area contributed by atoms with Crippen molar-refractivity contribution >= 4 is 24.0 Å². The van der Waals surface area contributed by atoms with Gasteiger partial charge in [0.2, 0.25) is 17.7 Å². The molecule has 170 valence electrons. The Bertz CT molecular complexity index is 955. The number of nitrogens with zero attached hydrogens (tertiary/aromatic N) is 1. The lowest BCUT2D eigenvalue weighted by Gasteiger charge is -2.33. The van der Waals surface area contributed by atoms with Crippen molar-refractivity contribution in [2.24, 2.45) is 23.2 Å². The molecular weight excluding hydrogens is 406 g/mol. The largest absolute Gasteiger partial charge is 0.356 e. The predicted octanol–water partition coefficient (Wildman–Crippen LogP) is 1.41. The fraction of sp³-hybridized carbons (Fsp3) is 0.600. The Morgan fingerprint density at radius 3 is 2.56 bits per heavy atom. The van der Waals surface area contributed by atoms with Crippen LogP contribution >= 0.6 is 0 Å². The van der Waals surface area contributed by atoms with Gasteiger partial charge in [0.05, 0.1) is 11.5 Å². The minimum Gasteiger partial charge on any atom is -0.356 e. The van der Waals surface area contributed by atoms with Crippen molar-refractivity contribution in [3.8, 4) is 0 Å². The Labute approximate surface area is 188 Å². The summed E-state index contributed by atoms with van der Waals surface area (Å²) in [5, 5.41) is 5.64. The number of amides is 3. The van der Waals surface area contributed by atoms with E-state index in [2.05, 4.69) is 24.5 Å². The third kappa shape index (κ3) is 3.24. The molecule has 0 bridgehead atoms. The zero-order chi connectivity index (χ0) is 22.7. The Morgan fingerprint density at radius 2 is 1.97 bits per heavy atom. The number of likely N-dealkylation sites (tertiary alicyclic amines) is 1. The normalized spacial score (nSPS) is 31.9. The molecule has 0 spiro atoms. The van der Waals surface area contributed by atoms with E-state index in [0.717, 1.165) is 18.4 Å². The molecule has 0 radical (unpaired) electrons. The maximum Gasteiger partial charge on any atom is 0.243 e. The third-order valence-corrected chi connectivity index (χ3v) is 8.42. The van der Waals surface area contributed by atoms with E-state index in [1.807, 2.05) is 30.3 Å². The molecule has 0 unspecified atom stereocenters. The first-order chi connectivity index (χ1) is 15.3. The molecule has 5 rings (SSSR count). The van der Waals surface area contributed by atoms with Crippen LogP contribution in [0.2, 0.25) is 0 Å². The molecule has 7 heteroatoms. The molecule has 7 nitrogen and oxygen atoms in total. The first kappa shape index (κ1) is 21.2. The summed E-state index contributed by atoms with van der Waals surface area (Å²) >= 11 is 0. The summed E-state index contributed by atoms with van der Waals surface area (Å²) in [5.41, 5.74) is 0.499. The number of fused-ring (bicyclic) bond motifs is 1. The van der Waals surface area contributed by atoms with E-state index >= 15 is 0 Å². The van der Waals surface area contributed by atoms with Gasteiger partial charge in [0.25, 0.3) is 0 Å². The van der Waals surface area contributed by atoms with E-state index in [1.54, 1.807) is 4.90 Å². The lowest BCUT2D eigenvalue weighted by atomic mass is 9.92. The summed E-state index contributed by atoms with van der Waals surface area (Å²) in [4.78, 5) is 52.6. The quantitative estimate of drug-likeness (QED) is 0.631. The number of carbonyl (C=O) groups is 4. The van der Waals surface area contributed by atoms with Crippen LogP contribution in [0.4, 0.5) is 0 Å². The van der Waals surface area contributed by atoms with Gasteiger partial charge in [0.15, 0.2) is 0 Å². The highest BCUT2D eigenvalue weighted by molar-refractivity contribution is 5.97. The van der Waals surface area contributed by atoms with Crippen molar-refractivity contribution in [2.45, 2.75) is 57.0 Å². The highest BCUT2D eigenvalue weighted by Gasteiger charge is 2.71. The van der Waals surface area contributed by atoms with Crippen LogP contribution < -0.4 is 10.6 Å². The molecule has 1 aromatic carbocycles. The van der Waals surface area contributed by atoms with Crippen LogP contribution in [-0.4, -0.2) is 54.1 Å². The molecule has 2 aliphatic heterocycles. The van der Waals surface area contributed by atoms with Crippen molar-refractivity contribution in [3.05, 3.63) is 35.9 Å². The van der Waals surface area contributed by atoms with E-state index in [9.17, 15) is 19.2 Å².